The molecule has 1 aromatic heterocycles. The van der Waals surface area contributed by atoms with Gasteiger partial charge in [-0.15, -0.1) is 0 Å². The van der Waals surface area contributed by atoms with Crippen molar-refractivity contribution in [2.45, 2.75) is 13.0 Å². The number of benzene rings is 2. The van der Waals surface area contributed by atoms with Crippen LogP contribution in [0.4, 0.5) is 20.6 Å². The van der Waals surface area contributed by atoms with Crippen LogP contribution in [-0.4, -0.2) is 58.5 Å². The van der Waals surface area contributed by atoms with E-state index in [2.05, 4.69) is 4.98 Å². The molecule has 0 spiro atoms. The molecule has 3 aromatic rings. The second-order valence-corrected chi connectivity index (χ2v) is 8.40. The maximum atomic E-state index is 15.8. The summed E-state index contributed by atoms with van der Waals surface area (Å²) in [7, 11) is 0. The summed E-state index contributed by atoms with van der Waals surface area (Å²) in [6, 6.07) is 4.63. The van der Waals surface area contributed by atoms with Gasteiger partial charge in [-0.2, -0.15) is 0 Å². The van der Waals surface area contributed by atoms with Crippen molar-refractivity contribution in [2.24, 2.45) is 0 Å². The SMILES string of the molecule is Cc1ccc(N)c(O)c1-c1c(Cl)cc2c3c(cnc2c1F)OC[C@H]1CN(C(=O)O)CCN31. The summed E-state index contributed by atoms with van der Waals surface area (Å²) in [4.78, 5) is 19.0. The predicted octanol–water partition coefficient (Wildman–Crippen LogP) is 3.85. The predicted molar refractivity (Wildman–Crippen MR) is 119 cm³/mol. The first-order valence-electron chi connectivity index (χ1n) is 10.0. The molecular weight excluding hydrogens is 439 g/mol. The number of nitrogens with two attached hydrogens (primary N) is 1. The number of piperazine rings is 1. The zero-order valence-corrected chi connectivity index (χ0v) is 17.9. The highest BCUT2D eigenvalue weighted by Gasteiger charge is 2.36. The van der Waals surface area contributed by atoms with Crippen molar-refractivity contribution in [2.75, 3.05) is 36.9 Å². The second-order valence-electron chi connectivity index (χ2n) is 8.00. The van der Waals surface area contributed by atoms with Gasteiger partial charge in [0.2, 0.25) is 0 Å². The summed E-state index contributed by atoms with van der Waals surface area (Å²) in [6.45, 7) is 3.06. The van der Waals surface area contributed by atoms with Crippen LogP contribution in [0.2, 0.25) is 5.02 Å². The highest BCUT2D eigenvalue weighted by Crippen LogP contribution is 2.47. The minimum Gasteiger partial charge on any atom is -0.505 e. The molecule has 2 aliphatic heterocycles. The second kappa shape index (κ2) is 7.30. The number of halogens is 2. The number of nitrogens with zero attached hydrogens (tertiary/aromatic N) is 3. The molecule has 4 N–H and O–H groups in total. The van der Waals surface area contributed by atoms with Crippen LogP contribution in [0.25, 0.3) is 22.0 Å². The molecule has 2 aliphatic rings. The van der Waals surface area contributed by atoms with Gasteiger partial charge in [-0.25, -0.2) is 14.2 Å². The number of ether oxygens (including phenoxy) is 1. The van der Waals surface area contributed by atoms with Gasteiger partial charge in [0.05, 0.1) is 28.6 Å². The number of carbonyl (C=O) groups is 1. The number of rotatable bonds is 1. The number of aromatic nitrogens is 1. The van der Waals surface area contributed by atoms with E-state index in [-0.39, 0.29) is 45.7 Å². The molecule has 1 fully saturated rings. The average Bonchev–Trinajstić information content (AvgIpc) is 2.77. The van der Waals surface area contributed by atoms with E-state index in [4.69, 9.17) is 22.1 Å². The Labute approximate surface area is 187 Å². The van der Waals surface area contributed by atoms with Crippen LogP contribution in [0.1, 0.15) is 5.56 Å². The normalized spacial score (nSPS) is 17.7. The van der Waals surface area contributed by atoms with Crippen molar-refractivity contribution in [3.63, 3.8) is 0 Å². The van der Waals surface area contributed by atoms with Crippen LogP contribution in [0.5, 0.6) is 11.5 Å². The number of aryl methyl sites for hydroxylation is 1. The maximum Gasteiger partial charge on any atom is 0.407 e. The van der Waals surface area contributed by atoms with Crippen molar-refractivity contribution in [1.29, 1.82) is 0 Å². The van der Waals surface area contributed by atoms with Gasteiger partial charge in [-0.1, -0.05) is 17.7 Å². The van der Waals surface area contributed by atoms with E-state index in [1.165, 1.54) is 11.1 Å². The molecule has 0 bridgehead atoms. The highest BCUT2D eigenvalue weighted by molar-refractivity contribution is 6.34. The van der Waals surface area contributed by atoms with Crippen molar-refractivity contribution in [1.82, 2.24) is 9.88 Å². The number of pyridine rings is 1. The molecule has 10 heteroatoms. The molecule has 166 valence electrons. The zero-order chi connectivity index (χ0) is 22.7. The summed E-state index contributed by atoms with van der Waals surface area (Å²) in [5, 5.41) is 20.4. The smallest absolute Gasteiger partial charge is 0.407 e. The van der Waals surface area contributed by atoms with Crippen molar-refractivity contribution < 1.29 is 24.1 Å². The van der Waals surface area contributed by atoms with Gasteiger partial charge in [0.15, 0.2) is 11.6 Å². The fourth-order valence-corrected chi connectivity index (χ4v) is 4.83. The topological polar surface area (TPSA) is 112 Å². The summed E-state index contributed by atoms with van der Waals surface area (Å²) in [5.74, 6) is -0.425. The van der Waals surface area contributed by atoms with E-state index < -0.39 is 11.9 Å². The molecule has 1 atom stereocenters. The fourth-order valence-electron chi connectivity index (χ4n) is 4.54. The molecule has 3 heterocycles. The summed E-state index contributed by atoms with van der Waals surface area (Å²) in [6.07, 6.45) is 0.482. The van der Waals surface area contributed by atoms with Crippen LogP contribution in [0, 0.1) is 12.7 Å². The van der Waals surface area contributed by atoms with Crippen molar-refractivity contribution >= 4 is 40.0 Å². The van der Waals surface area contributed by atoms with Crippen LogP contribution < -0.4 is 15.4 Å². The van der Waals surface area contributed by atoms with Gasteiger partial charge in [0.25, 0.3) is 0 Å². The number of anilines is 2. The minimum atomic E-state index is -0.980. The lowest BCUT2D eigenvalue weighted by Gasteiger charge is -2.45. The molecule has 0 unspecified atom stereocenters. The molecule has 8 nitrogen and oxygen atoms in total. The molecule has 32 heavy (non-hydrogen) atoms. The van der Waals surface area contributed by atoms with Gasteiger partial charge >= 0.3 is 6.09 Å². The Bertz CT molecular complexity index is 1290. The van der Waals surface area contributed by atoms with Gasteiger partial charge in [-0.3, -0.25) is 0 Å². The summed E-state index contributed by atoms with van der Waals surface area (Å²) >= 11 is 6.56. The Balaban J connectivity index is 1.70. The number of hydrogen-bond acceptors (Lipinski definition) is 6. The van der Waals surface area contributed by atoms with Crippen LogP contribution in [0.3, 0.4) is 0 Å². The number of carboxylic acid groups (broad SMARTS) is 1. The Kier molecular flexibility index (Phi) is 4.67. The first-order chi connectivity index (χ1) is 15.3. The Morgan fingerprint density at radius 1 is 1.34 bits per heavy atom. The number of amides is 1. The molecule has 1 amide bonds. The van der Waals surface area contributed by atoms with Gasteiger partial charge in [0.1, 0.15) is 17.9 Å². The Morgan fingerprint density at radius 2 is 2.12 bits per heavy atom. The number of fused-ring (bicyclic) bond motifs is 5. The lowest BCUT2D eigenvalue weighted by Crippen LogP contribution is -2.58. The highest BCUT2D eigenvalue weighted by atomic mass is 35.5. The minimum absolute atomic E-state index is 0.0258. The van der Waals surface area contributed by atoms with E-state index in [0.29, 0.717) is 42.1 Å². The maximum absolute atomic E-state index is 15.8. The largest absolute Gasteiger partial charge is 0.505 e. The van der Waals surface area contributed by atoms with E-state index in [0.717, 1.165) is 0 Å². The summed E-state index contributed by atoms with van der Waals surface area (Å²) in [5.41, 5.74) is 7.53. The van der Waals surface area contributed by atoms with Crippen molar-refractivity contribution in [3.8, 4) is 22.6 Å². The molecule has 0 radical (unpaired) electrons. The quantitative estimate of drug-likeness (QED) is 0.375. The molecular formula is C22H20ClFN4O4. The van der Waals surface area contributed by atoms with Crippen LogP contribution in [0.15, 0.2) is 24.4 Å². The average molecular weight is 459 g/mol. The zero-order valence-electron chi connectivity index (χ0n) is 17.1. The summed E-state index contributed by atoms with van der Waals surface area (Å²) < 4.78 is 21.7. The van der Waals surface area contributed by atoms with Gasteiger partial charge in [0, 0.05) is 36.1 Å². The van der Waals surface area contributed by atoms with Crippen molar-refractivity contribution in [3.05, 3.63) is 40.8 Å². The van der Waals surface area contributed by atoms with E-state index in [1.807, 2.05) is 4.90 Å². The first-order valence-corrected chi connectivity index (χ1v) is 10.4. The Morgan fingerprint density at radius 3 is 2.88 bits per heavy atom. The standard InChI is InChI=1S/C22H20ClFN4O4/c1-10-2-3-14(25)21(29)16(10)17-13(23)6-12-19(18(17)24)26-7-15-20(12)28-5-4-27(22(30)31)8-11(28)9-32-15/h2-3,6-7,11,29H,4-5,8-9,25H2,1H3,(H,30,31)/t11-/m1/s1. The number of hydrogen-bond donors (Lipinski definition) is 3. The number of nitrogen functional groups attached to an aromatic ring is 1. The van der Waals surface area contributed by atoms with E-state index in [1.54, 1.807) is 25.1 Å². The number of aromatic hydroxyl groups is 1. The van der Waals surface area contributed by atoms with Crippen LogP contribution >= 0.6 is 11.6 Å². The number of phenolic OH excluding ortho intramolecular Hbond substituents is 1. The molecule has 2 aromatic carbocycles. The lowest BCUT2D eigenvalue weighted by molar-refractivity contribution is 0.123. The third-order valence-electron chi connectivity index (χ3n) is 6.13. The van der Waals surface area contributed by atoms with Crippen LogP contribution in [-0.2, 0) is 0 Å². The van der Waals surface area contributed by atoms with E-state index in [9.17, 15) is 15.0 Å². The fraction of sp³-hybridized carbons (Fsp3) is 0.273. The molecule has 0 aliphatic carbocycles. The molecule has 5 rings (SSSR count). The molecule has 1 saturated heterocycles. The Hall–Kier alpha value is -3.46. The number of phenols is 1. The van der Waals surface area contributed by atoms with Gasteiger partial charge in [-0.05, 0) is 24.6 Å². The third-order valence-corrected chi connectivity index (χ3v) is 6.43. The molecule has 0 saturated carbocycles. The van der Waals surface area contributed by atoms with Gasteiger partial charge < -0.3 is 30.5 Å². The van der Waals surface area contributed by atoms with E-state index >= 15 is 4.39 Å². The monoisotopic (exact) mass is 458 g/mol. The lowest BCUT2D eigenvalue weighted by atomic mass is 9.95. The third kappa shape index (κ3) is 2.96. The first kappa shape index (κ1) is 20.4.